The summed E-state index contributed by atoms with van der Waals surface area (Å²) in [5.41, 5.74) is 0. The summed E-state index contributed by atoms with van der Waals surface area (Å²) in [6.07, 6.45) is -1.59. The van der Waals surface area contributed by atoms with E-state index in [0.717, 1.165) is 0 Å². The third-order valence-electron chi connectivity index (χ3n) is 1.10. The Hall–Kier alpha value is -1.31. The minimum Gasteiger partial charge on any atom is -0.312 e. The van der Waals surface area contributed by atoms with Crippen LogP contribution in [0.5, 0.6) is 0 Å². The van der Waals surface area contributed by atoms with E-state index in [1.54, 1.807) is 0 Å². The molecule has 0 bridgehead atoms. The predicted octanol–water partition coefficient (Wildman–Crippen LogP) is -1.08. The lowest BCUT2D eigenvalue weighted by atomic mass is 10.4. The molecule has 0 aliphatic heterocycles. The highest BCUT2D eigenvalue weighted by atomic mass is 32.8. The maximum absolute atomic E-state index is 11.0. The molecule has 0 saturated carbocycles. The van der Waals surface area contributed by atoms with Crippen LogP contribution in [0.15, 0.2) is 0 Å². The summed E-state index contributed by atoms with van der Waals surface area (Å²) in [7, 11) is -3.66. The first-order chi connectivity index (χ1) is 7.26. The Bertz CT molecular complexity index is 352. The molecule has 11 nitrogen and oxygen atoms in total. The Balaban J connectivity index is 4.43. The minimum atomic E-state index is -3.66. The van der Waals surface area contributed by atoms with E-state index in [9.17, 15) is 24.4 Å². The van der Waals surface area contributed by atoms with E-state index in [-0.39, 0.29) is 0 Å². The second kappa shape index (κ2) is 6.31. The second-order valence-electron chi connectivity index (χ2n) is 2.27. The van der Waals surface area contributed by atoms with Crippen LogP contribution in [0, 0.1) is 20.2 Å². The summed E-state index contributed by atoms with van der Waals surface area (Å²) in [6.45, 7) is -0.870. The number of hydrogen-bond acceptors (Lipinski definition) is 10. The molecule has 0 heterocycles. The molecule has 0 saturated heterocycles. The van der Waals surface area contributed by atoms with Gasteiger partial charge in [0, 0.05) is 11.2 Å². The van der Waals surface area contributed by atoms with Crippen molar-refractivity contribution in [3.8, 4) is 0 Å². The monoisotopic (exact) mass is 278 g/mol. The van der Waals surface area contributed by atoms with E-state index in [1.165, 1.54) is 0 Å². The van der Waals surface area contributed by atoms with Crippen LogP contribution in [0.2, 0.25) is 0 Å². The Morgan fingerprint density at radius 2 is 1.94 bits per heavy atom. The van der Waals surface area contributed by atoms with E-state index in [2.05, 4.69) is 25.2 Å². The molecule has 13 heteroatoms. The van der Waals surface area contributed by atoms with Crippen molar-refractivity contribution >= 4 is 20.0 Å². The maximum Gasteiger partial charge on any atom is 0.294 e. The molecule has 0 radical (unpaired) electrons. The van der Waals surface area contributed by atoms with Gasteiger partial charge in [-0.2, -0.15) is 0 Å². The zero-order chi connectivity index (χ0) is 12.8. The summed E-state index contributed by atoms with van der Waals surface area (Å²) in [5.74, 6) is -0.812. The highest BCUT2D eigenvalue weighted by Crippen LogP contribution is 2.02. The van der Waals surface area contributed by atoms with E-state index in [4.69, 9.17) is 5.26 Å². The van der Waals surface area contributed by atoms with Gasteiger partial charge in [0.05, 0.1) is 5.75 Å². The Morgan fingerprint density at radius 3 is 2.31 bits per heavy atom. The van der Waals surface area contributed by atoms with Gasteiger partial charge in [-0.25, -0.2) is 9.47 Å². The Labute approximate surface area is 92.9 Å². The first-order valence-electron chi connectivity index (χ1n) is 3.41. The van der Waals surface area contributed by atoms with Gasteiger partial charge in [-0.15, -0.1) is 24.6 Å². The highest BCUT2D eigenvalue weighted by molar-refractivity contribution is 8.30. The largest absolute Gasteiger partial charge is 0.312 e. The van der Waals surface area contributed by atoms with Crippen LogP contribution in [0.1, 0.15) is 0 Å². The van der Waals surface area contributed by atoms with Crippen LogP contribution < -0.4 is 0 Å². The SMILES string of the molecule is O=[N+]([O-])OCC(CS(=O)(=S)OO)O[N+](=O)[O-]. The van der Waals surface area contributed by atoms with Crippen molar-refractivity contribution in [1.29, 1.82) is 0 Å². The molecule has 2 unspecified atom stereocenters. The van der Waals surface area contributed by atoms with Gasteiger partial charge in [-0.1, -0.05) is 0 Å². The molecular formula is C3H6N2O9S2. The van der Waals surface area contributed by atoms with Crippen LogP contribution >= 0.6 is 0 Å². The normalized spacial score (nSPS) is 15.8. The topological polar surface area (TPSA) is 151 Å². The van der Waals surface area contributed by atoms with Crippen molar-refractivity contribution in [3.63, 3.8) is 0 Å². The van der Waals surface area contributed by atoms with Gasteiger partial charge in [0.15, 0.2) is 8.77 Å². The molecule has 2 atom stereocenters. The van der Waals surface area contributed by atoms with E-state index < -0.39 is 37.4 Å². The summed E-state index contributed by atoms with van der Waals surface area (Å²) in [6, 6.07) is 0. The maximum atomic E-state index is 11.0. The van der Waals surface area contributed by atoms with Crippen molar-refractivity contribution in [2.24, 2.45) is 0 Å². The van der Waals surface area contributed by atoms with Crippen molar-refractivity contribution in [2.45, 2.75) is 6.10 Å². The molecule has 0 rings (SSSR count). The van der Waals surface area contributed by atoms with Gasteiger partial charge in [-0.3, -0.25) is 0 Å². The van der Waals surface area contributed by atoms with Crippen LogP contribution in [-0.2, 0) is 34.0 Å². The van der Waals surface area contributed by atoms with Crippen LogP contribution in [0.3, 0.4) is 0 Å². The van der Waals surface area contributed by atoms with E-state index >= 15 is 0 Å². The molecular weight excluding hydrogens is 272 g/mol. The van der Waals surface area contributed by atoms with Gasteiger partial charge in [0.25, 0.3) is 10.2 Å². The molecule has 0 aromatic rings. The molecule has 94 valence electrons. The second-order valence-corrected chi connectivity index (χ2v) is 5.39. The summed E-state index contributed by atoms with van der Waals surface area (Å²) in [4.78, 5) is 27.4. The van der Waals surface area contributed by atoms with E-state index in [0.29, 0.717) is 0 Å². The average molecular weight is 278 g/mol. The molecule has 16 heavy (non-hydrogen) atoms. The number of hydrogen-bond donors (Lipinski definition) is 1. The number of nitrogens with zero attached hydrogens (tertiary/aromatic N) is 2. The lowest BCUT2D eigenvalue weighted by molar-refractivity contribution is -0.788. The molecule has 0 amide bonds. The van der Waals surface area contributed by atoms with Gasteiger partial charge < -0.3 is 9.68 Å². The standard InChI is InChI=1S/C3H6N2O9S2/c6-4(7)12-1-3(13-5(8)9)2-16(11,15)14-10/h3,10H,1-2H2. The highest BCUT2D eigenvalue weighted by Gasteiger charge is 2.22. The van der Waals surface area contributed by atoms with Crippen molar-refractivity contribution in [1.82, 2.24) is 0 Å². The zero-order valence-electron chi connectivity index (χ0n) is 7.42. The first-order valence-corrected chi connectivity index (χ1v) is 5.98. The molecule has 0 aromatic heterocycles. The van der Waals surface area contributed by atoms with Crippen LogP contribution in [0.25, 0.3) is 0 Å². The lowest BCUT2D eigenvalue weighted by Crippen LogP contribution is -2.31. The molecule has 0 fully saturated rings. The minimum absolute atomic E-state index is 0.812. The fourth-order valence-corrected chi connectivity index (χ4v) is 1.76. The molecule has 0 spiro atoms. The summed E-state index contributed by atoms with van der Waals surface area (Å²) in [5, 5.41) is 25.3. The Kier molecular flexibility index (Phi) is 5.79. The van der Waals surface area contributed by atoms with Crippen molar-refractivity contribution in [2.75, 3.05) is 12.4 Å². The Morgan fingerprint density at radius 1 is 1.38 bits per heavy atom. The van der Waals surface area contributed by atoms with E-state index in [1.807, 2.05) is 0 Å². The van der Waals surface area contributed by atoms with Gasteiger partial charge in [-0.05, 0) is 0 Å². The fraction of sp³-hybridized carbons (Fsp3) is 1.00. The summed E-state index contributed by atoms with van der Waals surface area (Å²) < 4.78 is 14.4. The fourth-order valence-electron chi connectivity index (χ4n) is 0.633. The molecule has 1 N–H and O–H groups in total. The van der Waals surface area contributed by atoms with Gasteiger partial charge in [0.2, 0.25) is 0 Å². The van der Waals surface area contributed by atoms with Gasteiger partial charge in [0.1, 0.15) is 12.7 Å². The van der Waals surface area contributed by atoms with Crippen molar-refractivity contribution < 1.29 is 33.6 Å². The van der Waals surface area contributed by atoms with Crippen LogP contribution in [-0.4, -0.2) is 38.1 Å². The predicted molar refractivity (Wildman–Crippen MR) is 48.9 cm³/mol. The molecule has 0 aliphatic carbocycles. The van der Waals surface area contributed by atoms with Crippen molar-refractivity contribution in [3.05, 3.63) is 20.2 Å². The average Bonchev–Trinajstić information content (AvgIpc) is 2.13. The first kappa shape index (κ1) is 14.7. The number of rotatable bonds is 8. The smallest absolute Gasteiger partial charge is 0.294 e. The zero-order valence-corrected chi connectivity index (χ0v) is 9.05. The van der Waals surface area contributed by atoms with Crippen LogP contribution in [0.4, 0.5) is 0 Å². The third kappa shape index (κ3) is 7.04. The molecule has 0 aromatic carbocycles. The van der Waals surface area contributed by atoms with Gasteiger partial charge >= 0.3 is 0 Å². The summed E-state index contributed by atoms with van der Waals surface area (Å²) >= 11 is 4.18. The third-order valence-corrected chi connectivity index (χ3v) is 2.70. The quantitative estimate of drug-likeness (QED) is 0.329. The molecule has 0 aliphatic rings. The lowest BCUT2D eigenvalue weighted by Gasteiger charge is -2.13.